The predicted molar refractivity (Wildman–Crippen MR) is 84.3 cm³/mol. The van der Waals surface area contributed by atoms with Crippen LogP contribution in [0.1, 0.15) is 12.8 Å². The van der Waals surface area contributed by atoms with Gasteiger partial charge in [-0.05, 0) is 38.2 Å². The molecule has 0 aliphatic rings. The van der Waals surface area contributed by atoms with Crippen LogP contribution in [0.15, 0.2) is 34.9 Å². The number of nitrogens with zero attached hydrogens (tertiary/aromatic N) is 2. The van der Waals surface area contributed by atoms with Crippen molar-refractivity contribution in [3.05, 3.63) is 36.4 Å². The minimum atomic E-state index is -0.876. The van der Waals surface area contributed by atoms with Crippen LogP contribution in [0.2, 0.25) is 0 Å². The Kier molecular flexibility index (Phi) is 6.39. The standard InChI is InChI=1S/C15H18N2O4.ClH/c1-10(15(18)19)17(2)9-14-16-8-13(21-14)11-4-6-12(20-3)7-5-11;/h4-8,10H,9H2,1-3H3,(H,18,19);1H. The van der Waals surface area contributed by atoms with Crippen LogP contribution in [0.4, 0.5) is 0 Å². The molecule has 0 spiro atoms. The van der Waals surface area contributed by atoms with Crippen LogP contribution in [-0.4, -0.2) is 41.2 Å². The fraction of sp³-hybridized carbons (Fsp3) is 0.333. The molecule has 1 unspecified atom stereocenters. The van der Waals surface area contributed by atoms with Crippen molar-refractivity contribution in [1.29, 1.82) is 0 Å². The zero-order valence-electron chi connectivity index (χ0n) is 12.6. The summed E-state index contributed by atoms with van der Waals surface area (Å²) in [7, 11) is 3.33. The van der Waals surface area contributed by atoms with Gasteiger partial charge in [0.05, 0.1) is 19.9 Å². The molecule has 0 fully saturated rings. The second-order valence-corrected chi connectivity index (χ2v) is 4.78. The maximum absolute atomic E-state index is 10.9. The molecule has 22 heavy (non-hydrogen) atoms. The molecule has 0 radical (unpaired) electrons. The van der Waals surface area contributed by atoms with E-state index in [1.165, 1.54) is 0 Å². The number of rotatable bonds is 6. The SMILES string of the molecule is COc1ccc(-c2cnc(CN(C)C(C)C(=O)O)o2)cc1.Cl. The van der Waals surface area contributed by atoms with Gasteiger partial charge >= 0.3 is 5.97 Å². The van der Waals surface area contributed by atoms with Crippen LogP contribution >= 0.6 is 12.4 Å². The largest absolute Gasteiger partial charge is 0.497 e. The van der Waals surface area contributed by atoms with Crippen molar-refractivity contribution in [2.45, 2.75) is 19.5 Å². The van der Waals surface area contributed by atoms with E-state index < -0.39 is 12.0 Å². The summed E-state index contributed by atoms with van der Waals surface area (Å²) in [5, 5.41) is 8.96. The number of carbonyl (C=O) groups is 1. The first-order valence-corrected chi connectivity index (χ1v) is 6.53. The second kappa shape index (κ2) is 7.82. The van der Waals surface area contributed by atoms with Crippen molar-refractivity contribution in [2.24, 2.45) is 0 Å². The Labute approximate surface area is 135 Å². The molecule has 0 bridgehead atoms. The number of carboxylic acid groups (broad SMARTS) is 1. The molecule has 1 N–H and O–H groups in total. The van der Waals surface area contributed by atoms with Crippen LogP contribution in [-0.2, 0) is 11.3 Å². The highest BCUT2D eigenvalue weighted by Crippen LogP contribution is 2.23. The number of halogens is 1. The minimum absolute atomic E-state index is 0. The van der Waals surface area contributed by atoms with Gasteiger partial charge in [0.2, 0.25) is 5.89 Å². The zero-order valence-corrected chi connectivity index (χ0v) is 13.5. The Bertz CT molecular complexity index is 612. The van der Waals surface area contributed by atoms with E-state index in [2.05, 4.69) is 4.98 Å². The lowest BCUT2D eigenvalue weighted by atomic mass is 10.2. The van der Waals surface area contributed by atoms with Crippen LogP contribution in [0.25, 0.3) is 11.3 Å². The first-order valence-electron chi connectivity index (χ1n) is 6.53. The van der Waals surface area contributed by atoms with Gasteiger partial charge in [-0.25, -0.2) is 4.98 Å². The molecule has 1 aromatic carbocycles. The lowest BCUT2D eigenvalue weighted by Crippen LogP contribution is -2.35. The molecule has 0 amide bonds. The number of hydrogen-bond donors (Lipinski definition) is 1. The number of methoxy groups -OCH3 is 1. The van der Waals surface area contributed by atoms with E-state index in [0.29, 0.717) is 18.2 Å². The summed E-state index contributed by atoms with van der Waals surface area (Å²) in [6.07, 6.45) is 1.64. The molecule has 1 atom stereocenters. The number of aliphatic carboxylic acids is 1. The molecule has 0 saturated heterocycles. The molecule has 1 aromatic heterocycles. The smallest absolute Gasteiger partial charge is 0.320 e. The van der Waals surface area contributed by atoms with Gasteiger partial charge < -0.3 is 14.3 Å². The minimum Gasteiger partial charge on any atom is -0.497 e. The number of aromatic nitrogens is 1. The Morgan fingerprint density at radius 3 is 2.59 bits per heavy atom. The molecule has 0 aliphatic carbocycles. The highest BCUT2D eigenvalue weighted by atomic mass is 35.5. The summed E-state index contributed by atoms with van der Waals surface area (Å²) in [5.74, 6) is 1.02. The fourth-order valence-electron chi connectivity index (χ4n) is 1.81. The number of carboxylic acids is 1. The van der Waals surface area contributed by atoms with Crippen LogP contribution in [0.5, 0.6) is 5.75 Å². The predicted octanol–water partition coefficient (Wildman–Crippen LogP) is 2.68. The average molecular weight is 327 g/mol. The van der Waals surface area contributed by atoms with Gasteiger partial charge in [0.1, 0.15) is 11.8 Å². The van der Waals surface area contributed by atoms with Crippen molar-refractivity contribution in [3.8, 4) is 17.1 Å². The van der Waals surface area contributed by atoms with Crippen molar-refractivity contribution in [1.82, 2.24) is 9.88 Å². The normalized spacial score (nSPS) is 11.8. The van der Waals surface area contributed by atoms with E-state index >= 15 is 0 Å². The second-order valence-electron chi connectivity index (χ2n) is 4.78. The van der Waals surface area contributed by atoms with Gasteiger partial charge in [-0.3, -0.25) is 9.69 Å². The zero-order chi connectivity index (χ0) is 15.4. The van der Waals surface area contributed by atoms with E-state index in [4.69, 9.17) is 14.3 Å². The van der Waals surface area contributed by atoms with Gasteiger partial charge in [0.15, 0.2) is 5.76 Å². The fourth-order valence-corrected chi connectivity index (χ4v) is 1.81. The highest BCUT2D eigenvalue weighted by molar-refractivity contribution is 5.85. The Hall–Kier alpha value is -2.05. The molecular formula is C15H19ClN2O4. The first kappa shape index (κ1) is 18.0. The average Bonchev–Trinajstić information content (AvgIpc) is 2.94. The molecule has 7 heteroatoms. The molecule has 1 heterocycles. The summed E-state index contributed by atoms with van der Waals surface area (Å²) >= 11 is 0. The van der Waals surface area contributed by atoms with Crippen LogP contribution in [0.3, 0.4) is 0 Å². The Morgan fingerprint density at radius 1 is 1.41 bits per heavy atom. The highest BCUT2D eigenvalue weighted by Gasteiger charge is 2.18. The summed E-state index contributed by atoms with van der Waals surface area (Å²) < 4.78 is 10.8. The lowest BCUT2D eigenvalue weighted by Gasteiger charge is -2.18. The molecule has 2 rings (SSSR count). The lowest BCUT2D eigenvalue weighted by molar-refractivity contribution is -0.142. The topological polar surface area (TPSA) is 75.8 Å². The van der Waals surface area contributed by atoms with Crippen LogP contribution < -0.4 is 4.74 Å². The number of benzene rings is 1. The van der Waals surface area contributed by atoms with E-state index in [0.717, 1.165) is 11.3 Å². The molecule has 0 aliphatic heterocycles. The summed E-state index contributed by atoms with van der Waals surface area (Å²) in [5.41, 5.74) is 0.892. The molecule has 6 nitrogen and oxygen atoms in total. The summed E-state index contributed by atoms with van der Waals surface area (Å²) in [4.78, 5) is 16.8. The summed E-state index contributed by atoms with van der Waals surface area (Å²) in [6, 6.07) is 6.85. The van der Waals surface area contributed by atoms with Gasteiger partial charge in [0.25, 0.3) is 0 Å². The molecular weight excluding hydrogens is 308 g/mol. The van der Waals surface area contributed by atoms with E-state index in [1.807, 2.05) is 24.3 Å². The monoisotopic (exact) mass is 326 g/mol. The Morgan fingerprint density at radius 2 is 2.05 bits per heavy atom. The third-order valence-electron chi connectivity index (χ3n) is 3.33. The van der Waals surface area contributed by atoms with Crippen molar-refractivity contribution in [2.75, 3.05) is 14.2 Å². The van der Waals surface area contributed by atoms with Gasteiger partial charge in [-0.1, -0.05) is 0 Å². The maximum atomic E-state index is 10.9. The van der Waals surface area contributed by atoms with Gasteiger partial charge in [0, 0.05) is 5.56 Å². The van der Waals surface area contributed by atoms with Gasteiger partial charge in [-0.2, -0.15) is 0 Å². The van der Waals surface area contributed by atoms with E-state index in [-0.39, 0.29) is 12.4 Å². The van der Waals surface area contributed by atoms with Crippen molar-refractivity contribution < 1.29 is 19.1 Å². The molecule has 120 valence electrons. The third-order valence-corrected chi connectivity index (χ3v) is 3.33. The van der Waals surface area contributed by atoms with E-state index in [9.17, 15) is 4.79 Å². The van der Waals surface area contributed by atoms with Crippen molar-refractivity contribution in [3.63, 3.8) is 0 Å². The summed E-state index contributed by atoms with van der Waals surface area (Å²) in [6.45, 7) is 1.96. The quantitative estimate of drug-likeness (QED) is 0.879. The van der Waals surface area contributed by atoms with Gasteiger partial charge in [-0.15, -0.1) is 12.4 Å². The molecule has 0 saturated carbocycles. The number of hydrogen-bond acceptors (Lipinski definition) is 5. The van der Waals surface area contributed by atoms with E-state index in [1.54, 1.807) is 32.2 Å². The number of ether oxygens (including phenoxy) is 1. The number of oxazole rings is 1. The third kappa shape index (κ3) is 4.22. The Balaban J connectivity index is 0.00000242. The molecule has 2 aromatic rings. The van der Waals surface area contributed by atoms with Crippen LogP contribution in [0, 0.1) is 0 Å². The number of likely N-dealkylation sites (N-methyl/N-ethyl adjacent to an activating group) is 1. The maximum Gasteiger partial charge on any atom is 0.320 e. The van der Waals surface area contributed by atoms with Crippen molar-refractivity contribution >= 4 is 18.4 Å². The first-order chi connectivity index (χ1) is 10.0.